The van der Waals surface area contributed by atoms with E-state index in [1.807, 2.05) is 17.0 Å². The SMILES string of the molecule is O=C(Cc1ccc(Cl)cc1)N1CCN(c2nnc(Cc3ccc(F)cc3)s2)CC1. The zero-order valence-electron chi connectivity index (χ0n) is 15.7. The number of nitrogens with zero attached hydrogens (tertiary/aromatic N) is 4. The first kappa shape index (κ1) is 19.8. The Hall–Kier alpha value is -2.51. The van der Waals surface area contributed by atoms with E-state index in [0.717, 1.165) is 34.4 Å². The van der Waals surface area contributed by atoms with Gasteiger partial charge >= 0.3 is 0 Å². The number of benzene rings is 2. The molecule has 0 bridgehead atoms. The van der Waals surface area contributed by atoms with Crippen LogP contribution in [-0.4, -0.2) is 47.2 Å². The van der Waals surface area contributed by atoms with Crippen molar-refractivity contribution in [3.8, 4) is 0 Å². The monoisotopic (exact) mass is 430 g/mol. The fourth-order valence-electron chi connectivity index (χ4n) is 3.26. The lowest BCUT2D eigenvalue weighted by molar-refractivity contribution is -0.130. The van der Waals surface area contributed by atoms with Crippen LogP contribution in [0.2, 0.25) is 5.02 Å². The summed E-state index contributed by atoms with van der Waals surface area (Å²) in [4.78, 5) is 16.6. The van der Waals surface area contributed by atoms with Crippen LogP contribution in [0.15, 0.2) is 48.5 Å². The quantitative estimate of drug-likeness (QED) is 0.617. The summed E-state index contributed by atoms with van der Waals surface area (Å²) in [6, 6.07) is 13.8. The van der Waals surface area contributed by atoms with Crippen LogP contribution in [-0.2, 0) is 17.6 Å². The Kier molecular flexibility index (Phi) is 6.06. The summed E-state index contributed by atoms with van der Waals surface area (Å²) in [5, 5.41) is 11.0. The molecule has 4 rings (SSSR count). The second-order valence-electron chi connectivity index (χ2n) is 6.95. The van der Waals surface area contributed by atoms with E-state index in [1.165, 1.54) is 12.1 Å². The van der Waals surface area contributed by atoms with Crippen molar-refractivity contribution in [2.75, 3.05) is 31.1 Å². The lowest BCUT2D eigenvalue weighted by Gasteiger charge is -2.34. The maximum Gasteiger partial charge on any atom is 0.227 e. The predicted octanol–water partition coefficient (Wildman–Crippen LogP) is 3.81. The van der Waals surface area contributed by atoms with Gasteiger partial charge in [0.15, 0.2) is 0 Å². The van der Waals surface area contributed by atoms with Gasteiger partial charge < -0.3 is 9.80 Å². The van der Waals surface area contributed by atoms with E-state index in [-0.39, 0.29) is 11.7 Å². The van der Waals surface area contributed by atoms with Crippen LogP contribution in [0.3, 0.4) is 0 Å². The number of aromatic nitrogens is 2. The van der Waals surface area contributed by atoms with Crippen molar-refractivity contribution in [2.45, 2.75) is 12.8 Å². The van der Waals surface area contributed by atoms with Gasteiger partial charge in [0, 0.05) is 37.6 Å². The van der Waals surface area contributed by atoms with Crippen LogP contribution in [0.1, 0.15) is 16.1 Å². The maximum atomic E-state index is 13.0. The van der Waals surface area contributed by atoms with Crippen molar-refractivity contribution in [1.29, 1.82) is 0 Å². The van der Waals surface area contributed by atoms with Crippen molar-refractivity contribution in [1.82, 2.24) is 15.1 Å². The zero-order chi connectivity index (χ0) is 20.2. The first-order valence-electron chi connectivity index (χ1n) is 9.41. The minimum atomic E-state index is -0.241. The Morgan fingerprint density at radius 2 is 1.62 bits per heavy atom. The summed E-state index contributed by atoms with van der Waals surface area (Å²) in [5.74, 6) is -0.114. The summed E-state index contributed by atoms with van der Waals surface area (Å²) < 4.78 is 13.0. The van der Waals surface area contributed by atoms with E-state index in [4.69, 9.17) is 11.6 Å². The average Bonchev–Trinajstić information content (AvgIpc) is 3.20. The molecule has 0 aliphatic carbocycles. The molecule has 2 aromatic carbocycles. The number of piperazine rings is 1. The normalized spacial score (nSPS) is 14.3. The number of carbonyl (C=O) groups excluding carboxylic acids is 1. The fourth-order valence-corrected chi connectivity index (χ4v) is 4.31. The highest BCUT2D eigenvalue weighted by molar-refractivity contribution is 7.15. The van der Waals surface area contributed by atoms with Gasteiger partial charge in [0.1, 0.15) is 10.8 Å². The Morgan fingerprint density at radius 3 is 2.31 bits per heavy atom. The molecule has 0 spiro atoms. The molecule has 150 valence electrons. The number of anilines is 1. The van der Waals surface area contributed by atoms with Gasteiger partial charge in [-0.2, -0.15) is 0 Å². The van der Waals surface area contributed by atoms with E-state index in [1.54, 1.807) is 35.6 Å². The van der Waals surface area contributed by atoms with Crippen LogP contribution in [0.25, 0.3) is 0 Å². The van der Waals surface area contributed by atoms with E-state index >= 15 is 0 Å². The number of hydrogen-bond donors (Lipinski definition) is 0. The molecule has 1 aromatic heterocycles. The Bertz CT molecular complexity index is 969. The molecule has 1 aliphatic heterocycles. The molecular weight excluding hydrogens is 411 g/mol. The summed E-state index contributed by atoms with van der Waals surface area (Å²) in [6.45, 7) is 2.80. The molecule has 0 N–H and O–H groups in total. The summed E-state index contributed by atoms with van der Waals surface area (Å²) in [5.41, 5.74) is 1.98. The highest BCUT2D eigenvalue weighted by Gasteiger charge is 2.23. The minimum Gasteiger partial charge on any atom is -0.343 e. The molecule has 0 radical (unpaired) electrons. The first-order chi connectivity index (χ1) is 14.1. The smallest absolute Gasteiger partial charge is 0.227 e. The van der Waals surface area contributed by atoms with Crippen molar-refractivity contribution in [3.05, 3.63) is 75.5 Å². The topological polar surface area (TPSA) is 49.3 Å². The molecule has 29 heavy (non-hydrogen) atoms. The van der Waals surface area contributed by atoms with Crippen LogP contribution >= 0.6 is 22.9 Å². The van der Waals surface area contributed by atoms with Crippen LogP contribution in [0.5, 0.6) is 0 Å². The van der Waals surface area contributed by atoms with Crippen LogP contribution in [0.4, 0.5) is 9.52 Å². The van der Waals surface area contributed by atoms with E-state index in [0.29, 0.717) is 31.0 Å². The third-order valence-electron chi connectivity index (χ3n) is 4.90. The fraction of sp³-hybridized carbons (Fsp3) is 0.286. The molecule has 0 atom stereocenters. The maximum absolute atomic E-state index is 13.0. The van der Waals surface area contributed by atoms with Crippen molar-refractivity contribution >= 4 is 34.0 Å². The number of rotatable bonds is 5. The zero-order valence-corrected chi connectivity index (χ0v) is 17.3. The van der Waals surface area contributed by atoms with Gasteiger partial charge in [0.25, 0.3) is 0 Å². The second kappa shape index (κ2) is 8.88. The van der Waals surface area contributed by atoms with Crippen molar-refractivity contribution < 1.29 is 9.18 Å². The molecule has 1 amide bonds. The number of hydrogen-bond acceptors (Lipinski definition) is 5. The molecule has 0 saturated carbocycles. The van der Waals surface area contributed by atoms with Crippen LogP contribution < -0.4 is 4.90 Å². The minimum absolute atomic E-state index is 0.126. The van der Waals surface area contributed by atoms with Gasteiger partial charge in [-0.15, -0.1) is 10.2 Å². The van der Waals surface area contributed by atoms with Crippen molar-refractivity contribution in [2.24, 2.45) is 0 Å². The Balaban J connectivity index is 1.30. The molecule has 2 heterocycles. The van der Waals surface area contributed by atoms with E-state index in [2.05, 4.69) is 15.1 Å². The van der Waals surface area contributed by atoms with Gasteiger partial charge in [0.05, 0.1) is 6.42 Å². The standard InChI is InChI=1S/C21H20ClFN4OS/c22-17-5-1-16(2-6-17)14-20(28)26-9-11-27(12-10-26)21-25-24-19(29-21)13-15-3-7-18(23)8-4-15/h1-8H,9-14H2. The third-order valence-corrected chi connectivity index (χ3v) is 6.13. The third kappa shape index (κ3) is 5.10. The summed E-state index contributed by atoms with van der Waals surface area (Å²) in [6.07, 6.45) is 1.02. The van der Waals surface area contributed by atoms with Gasteiger partial charge in [-0.3, -0.25) is 4.79 Å². The average molecular weight is 431 g/mol. The molecule has 8 heteroatoms. The molecule has 1 saturated heterocycles. The largest absolute Gasteiger partial charge is 0.343 e. The Labute approximate surface area is 177 Å². The van der Waals surface area contributed by atoms with Crippen molar-refractivity contribution in [3.63, 3.8) is 0 Å². The van der Waals surface area contributed by atoms with E-state index < -0.39 is 0 Å². The highest BCUT2D eigenvalue weighted by Crippen LogP contribution is 2.24. The second-order valence-corrected chi connectivity index (χ2v) is 8.43. The lowest BCUT2D eigenvalue weighted by Crippen LogP contribution is -2.49. The molecule has 0 unspecified atom stereocenters. The van der Waals surface area contributed by atoms with Gasteiger partial charge in [-0.25, -0.2) is 4.39 Å². The van der Waals surface area contributed by atoms with Gasteiger partial charge in [-0.1, -0.05) is 47.2 Å². The number of amides is 1. The van der Waals surface area contributed by atoms with Crippen LogP contribution in [0, 0.1) is 5.82 Å². The first-order valence-corrected chi connectivity index (χ1v) is 10.6. The number of halogens is 2. The number of carbonyl (C=O) groups is 1. The lowest BCUT2D eigenvalue weighted by atomic mass is 10.1. The molecule has 1 fully saturated rings. The Morgan fingerprint density at radius 1 is 0.966 bits per heavy atom. The molecular formula is C21H20ClFN4OS. The molecule has 5 nitrogen and oxygen atoms in total. The van der Waals surface area contributed by atoms with Gasteiger partial charge in [-0.05, 0) is 35.4 Å². The highest BCUT2D eigenvalue weighted by atomic mass is 35.5. The summed E-state index contributed by atoms with van der Waals surface area (Å²) >= 11 is 7.44. The molecule has 3 aromatic rings. The summed E-state index contributed by atoms with van der Waals surface area (Å²) in [7, 11) is 0. The van der Waals surface area contributed by atoms with Gasteiger partial charge in [0.2, 0.25) is 11.0 Å². The van der Waals surface area contributed by atoms with E-state index in [9.17, 15) is 9.18 Å². The predicted molar refractivity (Wildman–Crippen MR) is 113 cm³/mol. The molecule has 1 aliphatic rings.